The van der Waals surface area contributed by atoms with E-state index in [0.29, 0.717) is 19.2 Å². The van der Waals surface area contributed by atoms with Gasteiger partial charge in [-0.1, -0.05) is 84.9 Å². The number of aryl methyl sites for hydroxylation is 1. The molecule has 2 unspecified atom stereocenters. The summed E-state index contributed by atoms with van der Waals surface area (Å²) in [5.74, 6) is 1.70. The minimum atomic E-state index is -0.581. The van der Waals surface area contributed by atoms with Crippen LogP contribution in [0.15, 0.2) is 109 Å². The molecule has 1 aliphatic carbocycles. The van der Waals surface area contributed by atoms with Gasteiger partial charge in [-0.2, -0.15) is 0 Å². The van der Waals surface area contributed by atoms with Crippen LogP contribution in [0.3, 0.4) is 0 Å². The van der Waals surface area contributed by atoms with Crippen molar-refractivity contribution in [2.24, 2.45) is 0 Å². The van der Waals surface area contributed by atoms with Gasteiger partial charge >= 0.3 is 0 Å². The zero-order valence-corrected chi connectivity index (χ0v) is 21.9. The zero-order valence-electron chi connectivity index (χ0n) is 21.9. The van der Waals surface area contributed by atoms with Crippen molar-refractivity contribution < 1.29 is 14.6 Å². The fraction of sp³-hybridized carbons (Fsp3) is 0.294. The summed E-state index contributed by atoms with van der Waals surface area (Å²) in [7, 11) is 0. The molecule has 0 fully saturated rings. The first-order valence-corrected chi connectivity index (χ1v) is 13.7. The molecule has 38 heavy (non-hydrogen) atoms. The molecule has 1 aliphatic rings. The molecule has 1 N–H and O–H groups in total. The summed E-state index contributed by atoms with van der Waals surface area (Å²) in [4.78, 5) is 2.45. The maximum absolute atomic E-state index is 11.0. The number of fused-ring (bicyclic) bond motifs is 1. The number of benzene rings is 4. The van der Waals surface area contributed by atoms with Gasteiger partial charge < -0.3 is 14.6 Å². The molecule has 0 heterocycles. The third-order valence-corrected chi connectivity index (χ3v) is 7.24. The molecule has 0 amide bonds. The lowest BCUT2D eigenvalue weighted by atomic mass is 10.00. The fourth-order valence-corrected chi connectivity index (χ4v) is 5.26. The number of rotatable bonds is 11. The molecule has 0 radical (unpaired) electrons. The van der Waals surface area contributed by atoms with Crippen molar-refractivity contribution in [3.63, 3.8) is 0 Å². The zero-order chi connectivity index (χ0) is 26.0. The van der Waals surface area contributed by atoms with Crippen molar-refractivity contribution in [2.75, 3.05) is 13.2 Å². The van der Waals surface area contributed by atoms with Gasteiger partial charge in [-0.25, -0.2) is 0 Å². The van der Waals surface area contributed by atoms with Crippen molar-refractivity contribution in [3.05, 3.63) is 131 Å². The highest BCUT2D eigenvalue weighted by Gasteiger charge is 2.25. The molecule has 4 nitrogen and oxygen atoms in total. The van der Waals surface area contributed by atoms with E-state index in [1.54, 1.807) is 0 Å². The smallest absolute Gasteiger partial charge is 0.120 e. The average Bonchev–Trinajstić information content (AvgIpc) is 3.18. The second-order valence-electron chi connectivity index (χ2n) is 10.1. The van der Waals surface area contributed by atoms with Crippen molar-refractivity contribution in [2.45, 2.75) is 51.0 Å². The van der Waals surface area contributed by atoms with E-state index in [-0.39, 0.29) is 6.61 Å². The van der Waals surface area contributed by atoms with Crippen LogP contribution in [0.1, 0.15) is 35.1 Å². The van der Waals surface area contributed by atoms with E-state index in [2.05, 4.69) is 65.6 Å². The second-order valence-corrected chi connectivity index (χ2v) is 10.1. The highest BCUT2D eigenvalue weighted by Crippen LogP contribution is 2.28. The fourth-order valence-electron chi connectivity index (χ4n) is 5.26. The Morgan fingerprint density at radius 1 is 0.737 bits per heavy atom. The number of para-hydroxylation sites is 1. The van der Waals surface area contributed by atoms with E-state index < -0.39 is 6.10 Å². The average molecular weight is 508 g/mol. The first kappa shape index (κ1) is 26.0. The summed E-state index contributed by atoms with van der Waals surface area (Å²) in [5.41, 5.74) is 5.19. The van der Waals surface area contributed by atoms with E-state index in [9.17, 15) is 5.11 Å². The van der Waals surface area contributed by atoms with E-state index in [4.69, 9.17) is 9.47 Å². The molecule has 2 atom stereocenters. The predicted octanol–water partition coefficient (Wildman–Crippen LogP) is 6.46. The van der Waals surface area contributed by atoms with Gasteiger partial charge in [0.25, 0.3) is 0 Å². The molecule has 5 rings (SSSR count). The monoisotopic (exact) mass is 507 g/mol. The molecular weight excluding hydrogens is 470 g/mol. The molecule has 0 spiro atoms. The first-order chi connectivity index (χ1) is 18.7. The van der Waals surface area contributed by atoms with Crippen molar-refractivity contribution in [1.29, 1.82) is 0 Å². The standard InChI is InChI=1S/C34H37NO3/c36-32(26-38-33-17-8-3-9-18-33)24-35(23-27-11-4-1-5-12-27)31-16-10-15-29-19-20-34(22-30(29)21-31)37-25-28-13-6-2-7-14-28/h1-9,11-14,17-20,22,31-32,36H,10,15-16,21,23-26H2. The molecule has 0 saturated carbocycles. The lowest BCUT2D eigenvalue weighted by molar-refractivity contribution is 0.0463. The Balaban J connectivity index is 1.29. The summed E-state index contributed by atoms with van der Waals surface area (Å²) < 4.78 is 12.0. The van der Waals surface area contributed by atoms with Gasteiger partial charge in [-0.05, 0) is 72.2 Å². The van der Waals surface area contributed by atoms with E-state index in [1.165, 1.54) is 22.3 Å². The SMILES string of the molecule is OC(COc1ccccc1)CN(Cc1ccccc1)C1CCCc2ccc(OCc3ccccc3)cc2C1. The van der Waals surface area contributed by atoms with Crippen LogP contribution in [-0.2, 0) is 26.0 Å². The topological polar surface area (TPSA) is 41.9 Å². The molecule has 0 aliphatic heterocycles. The maximum atomic E-state index is 11.0. The van der Waals surface area contributed by atoms with Crippen LogP contribution in [0.2, 0.25) is 0 Å². The molecule has 4 aromatic rings. The molecule has 4 aromatic carbocycles. The molecular formula is C34H37NO3. The highest BCUT2D eigenvalue weighted by atomic mass is 16.5. The largest absolute Gasteiger partial charge is 0.491 e. The number of hydrogen-bond donors (Lipinski definition) is 1. The lowest BCUT2D eigenvalue weighted by Gasteiger charge is -2.33. The summed E-state index contributed by atoms with van der Waals surface area (Å²) in [6, 6.07) is 37.5. The van der Waals surface area contributed by atoms with E-state index >= 15 is 0 Å². The molecule has 0 bridgehead atoms. The highest BCUT2D eigenvalue weighted by molar-refractivity contribution is 5.37. The lowest BCUT2D eigenvalue weighted by Crippen LogP contribution is -2.42. The van der Waals surface area contributed by atoms with Gasteiger partial charge in [0.15, 0.2) is 0 Å². The number of hydrogen-bond acceptors (Lipinski definition) is 4. The van der Waals surface area contributed by atoms with E-state index in [0.717, 1.165) is 43.7 Å². The number of aliphatic hydroxyl groups excluding tert-OH is 1. The van der Waals surface area contributed by atoms with Crippen LogP contribution < -0.4 is 9.47 Å². The van der Waals surface area contributed by atoms with Crippen LogP contribution in [0.4, 0.5) is 0 Å². The minimum absolute atomic E-state index is 0.274. The van der Waals surface area contributed by atoms with Crippen LogP contribution in [0, 0.1) is 0 Å². The summed E-state index contributed by atoms with van der Waals surface area (Å²) in [6.45, 7) is 2.20. The Hall–Kier alpha value is -3.60. The third-order valence-electron chi connectivity index (χ3n) is 7.24. The van der Waals surface area contributed by atoms with Gasteiger partial charge in [0.05, 0.1) is 0 Å². The van der Waals surface area contributed by atoms with Crippen LogP contribution in [0.5, 0.6) is 11.5 Å². The summed E-state index contributed by atoms with van der Waals surface area (Å²) in [6.07, 6.45) is 3.65. The Bertz CT molecular complexity index is 1250. The van der Waals surface area contributed by atoms with Gasteiger partial charge in [0.2, 0.25) is 0 Å². The maximum Gasteiger partial charge on any atom is 0.120 e. The Kier molecular flexibility index (Phi) is 9.09. The summed E-state index contributed by atoms with van der Waals surface area (Å²) in [5, 5.41) is 11.0. The number of ether oxygens (including phenoxy) is 2. The van der Waals surface area contributed by atoms with E-state index in [1.807, 2.05) is 48.5 Å². The van der Waals surface area contributed by atoms with Crippen molar-refractivity contribution >= 4 is 0 Å². The minimum Gasteiger partial charge on any atom is -0.491 e. The number of aliphatic hydroxyl groups is 1. The Morgan fingerprint density at radius 2 is 1.42 bits per heavy atom. The Labute approximate surface area is 226 Å². The number of nitrogens with zero attached hydrogens (tertiary/aromatic N) is 1. The van der Waals surface area contributed by atoms with Crippen LogP contribution in [0.25, 0.3) is 0 Å². The molecule has 4 heteroatoms. The van der Waals surface area contributed by atoms with Crippen LogP contribution >= 0.6 is 0 Å². The Morgan fingerprint density at radius 3 is 2.16 bits per heavy atom. The van der Waals surface area contributed by atoms with Gasteiger partial charge in [0, 0.05) is 19.1 Å². The first-order valence-electron chi connectivity index (χ1n) is 13.7. The van der Waals surface area contributed by atoms with Gasteiger partial charge in [-0.15, -0.1) is 0 Å². The molecule has 0 saturated heterocycles. The quantitative estimate of drug-likeness (QED) is 0.237. The normalized spacial score (nSPS) is 15.9. The van der Waals surface area contributed by atoms with Crippen LogP contribution in [-0.4, -0.2) is 35.3 Å². The predicted molar refractivity (Wildman–Crippen MR) is 152 cm³/mol. The van der Waals surface area contributed by atoms with Gasteiger partial charge in [0.1, 0.15) is 30.8 Å². The van der Waals surface area contributed by atoms with Crippen molar-refractivity contribution in [3.8, 4) is 11.5 Å². The second kappa shape index (κ2) is 13.3. The molecule has 196 valence electrons. The summed E-state index contributed by atoms with van der Waals surface area (Å²) >= 11 is 0. The van der Waals surface area contributed by atoms with Gasteiger partial charge in [-0.3, -0.25) is 4.90 Å². The van der Waals surface area contributed by atoms with Crippen molar-refractivity contribution in [1.82, 2.24) is 4.90 Å². The third kappa shape index (κ3) is 7.47. The molecule has 0 aromatic heterocycles.